The van der Waals surface area contributed by atoms with E-state index in [9.17, 15) is 4.39 Å². The summed E-state index contributed by atoms with van der Waals surface area (Å²) >= 11 is 0. The maximum atomic E-state index is 14.8. The summed E-state index contributed by atoms with van der Waals surface area (Å²) in [6, 6.07) is 13.1. The number of halogens is 1. The van der Waals surface area contributed by atoms with Gasteiger partial charge in [-0.1, -0.05) is 0 Å². The van der Waals surface area contributed by atoms with Gasteiger partial charge >= 0.3 is 0 Å². The maximum absolute atomic E-state index is 14.8. The molecule has 0 spiro atoms. The van der Waals surface area contributed by atoms with E-state index in [-0.39, 0.29) is 5.82 Å². The molecule has 0 atom stereocenters. The van der Waals surface area contributed by atoms with Crippen LogP contribution < -0.4 is 10.1 Å². The number of aromatic nitrogens is 6. The van der Waals surface area contributed by atoms with Crippen LogP contribution >= 0.6 is 0 Å². The Bertz CT molecular complexity index is 1910. The molecular formula is C33H33FN8O. The van der Waals surface area contributed by atoms with E-state index >= 15 is 0 Å². The van der Waals surface area contributed by atoms with Crippen LogP contribution in [0.1, 0.15) is 26.7 Å². The van der Waals surface area contributed by atoms with E-state index in [1.165, 1.54) is 25.0 Å². The van der Waals surface area contributed by atoms with Gasteiger partial charge in [0, 0.05) is 53.6 Å². The third kappa shape index (κ3) is 5.65. The van der Waals surface area contributed by atoms with E-state index < -0.39 is 0 Å². The summed E-state index contributed by atoms with van der Waals surface area (Å²) in [6.45, 7) is 7.76. The van der Waals surface area contributed by atoms with Crippen molar-refractivity contribution in [2.75, 3.05) is 31.6 Å². The van der Waals surface area contributed by atoms with Crippen LogP contribution in [-0.4, -0.2) is 67.3 Å². The first-order valence-corrected chi connectivity index (χ1v) is 14.7. The molecule has 1 aliphatic heterocycles. The standard InChI is InChI=1S/C33H33FN8O/c1-20(2)38-24-12-22(17-35-18-24)29-16-28-31(19-37-29)40-41-32(28)30-15-27-26(5-6-36-33(27)39-30)21-11-23(34)14-25(13-21)43-10-9-42-7-3-4-8-42/h5-6,11-20,38H,3-4,7-10H2,1-2H3,(H,36,39)(H,40,41). The van der Waals surface area contributed by atoms with Crippen molar-refractivity contribution in [1.82, 2.24) is 35.0 Å². The van der Waals surface area contributed by atoms with E-state index in [0.29, 0.717) is 24.0 Å². The lowest BCUT2D eigenvalue weighted by Gasteiger charge is -2.15. The Hall–Kier alpha value is -4.83. The number of pyridine rings is 3. The van der Waals surface area contributed by atoms with Crippen molar-refractivity contribution < 1.29 is 9.13 Å². The van der Waals surface area contributed by atoms with Crippen molar-refractivity contribution in [1.29, 1.82) is 0 Å². The molecule has 10 heteroatoms. The number of hydrogen-bond acceptors (Lipinski definition) is 7. The second kappa shape index (κ2) is 11.4. The fraction of sp³-hybridized carbons (Fsp3) is 0.273. The Labute approximate surface area is 248 Å². The highest BCUT2D eigenvalue weighted by Gasteiger charge is 2.17. The Morgan fingerprint density at radius 1 is 0.977 bits per heavy atom. The average molecular weight is 577 g/mol. The fourth-order valence-electron chi connectivity index (χ4n) is 5.78. The Balaban J connectivity index is 1.21. The van der Waals surface area contributed by atoms with Gasteiger partial charge in [-0.15, -0.1) is 0 Å². The number of hydrogen-bond donors (Lipinski definition) is 3. The number of ether oxygens (including phenoxy) is 1. The SMILES string of the molecule is CC(C)Nc1cncc(-c2cc3c(-c4cc5c(-c6cc(F)cc(OCCN7CCCC7)c6)ccnc5[nH]4)n[nH]c3cn2)c1. The van der Waals surface area contributed by atoms with Gasteiger partial charge in [0.15, 0.2) is 0 Å². The monoisotopic (exact) mass is 576 g/mol. The number of fused-ring (bicyclic) bond motifs is 2. The summed E-state index contributed by atoms with van der Waals surface area (Å²) in [4.78, 5) is 19.4. The van der Waals surface area contributed by atoms with E-state index in [0.717, 1.165) is 75.4 Å². The topological polar surface area (TPSA) is 108 Å². The molecule has 5 aromatic heterocycles. The minimum atomic E-state index is -0.338. The molecule has 1 aliphatic rings. The number of nitrogens with zero attached hydrogens (tertiary/aromatic N) is 5. The lowest BCUT2D eigenvalue weighted by atomic mass is 10.0. The van der Waals surface area contributed by atoms with E-state index in [4.69, 9.17) is 4.74 Å². The molecule has 0 saturated carbocycles. The van der Waals surface area contributed by atoms with Crippen LogP contribution in [0.5, 0.6) is 5.75 Å². The molecule has 9 nitrogen and oxygen atoms in total. The fourth-order valence-corrected chi connectivity index (χ4v) is 5.78. The third-order valence-corrected chi connectivity index (χ3v) is 7.78. The normalized spacial score (nSPS) is 13.9. The number of H-pyrrole nitrogens is 2. The lowest BCUT2D eigenvalue weighted by molar-refractivity contribution is 0.237. The molecule has 0 unspecified atom stereocenters. The van der Waals surface area contributed by atoms with Crippen molar-refractivity contribution in [2.24, 2.45) is 0 Å². The zero-order valence-electron chi connectivity index (χ0n) is 24.2. The van der Waals surface area contributed by atoms with Crippen LogP contribution in [0.15, 0.2) is 67.3 Å². The molecule has 0 radical (unpaired) electrons. The number of rotatable bonds is 9. The summed E-state index contributed by atoms with van der Waals surface area (Å²) in [6.07, 6.45) is 9.59. The van der Waals surface area contributed by atoms with Crippen LogP contribution in [0.3, 0.4) is 0 Å². The Morgan fingerprint density at radius 3 is 2.72 bits per heavy atom. The molecule has 1 saturated heterocycles. The van der Waals surface area contributed by atoms with Gasteiger partial charge in [-0.3, -0.25) is 20.0 Å². The summed E-state index contributed by atoms with van der Waals surface area (Å²) in [5, 5.41) is 12.9. The molecule has 1 fully saturated rings. The molecule has 0 aliphatic carbocycles. The highest BCUT2D eigenvalue weighted by Crippen LogP contribution is 2.35. The van der Waals surface area contributed by atoms with Crippen molar-refractivity contribution in [3.8, 4) is 39.5 Å². The van der Waals surface area contributed by atoms with Gasteiger partial charge in [-0.25, -0.2) is 9.37 Å². The van der Waals surface area contributed by atoms with Gasteiger partial charge < -0.3 is 15.0 Å². The van der Waals surface area contributed by atoms with E-state index in [1.54, 1.807) is 12.4 Å². The zero-order chi connectivity index (χ0) is 29.3. The Kier molecular flexibility index (Phi) is 7.20. The number of aromatic amines is 2. The maximum Gasteiger partial charge on any atom is 0.138 e. The molecule has 218 valence electrons. The third-order valence-electron chi connectivity index (χ3n) is 7.78. The van der Waals surface area contributed by atoms with Crippen LogP contribution in [0, 0.1) is 5.82 Å². The quantitative estimate of drug-likeness (QED) is 0.177. The van der Waals surface area contributed by atoms with Crippen LogP contribution in [0.2, 0.25) is 0 Å². The zero-order valence-corrected chi connectivity index (χ0v) is 24.2. The van der Waals surface area contributed by atoms with Gasteiger partial charge in [0.25, 0.3) is 0 Å². The van der Waals surface area contributed by atoms with Gasteiger partial charge in [0.2, 0.25) is 0 Å². The van der Waals surface area contributed by atoms with Crippen LogP contribution in [-0.2, 0) is 0 Å². The largest absolute Gasteiger partial charge is 0.492 e. The van der Waals surface area contributed by atoms with Gasteiger partial charge in [-0.05, 0) is 87.3 Å². The Morgan fingerprint density at radius 2 is 1.86 bits per heavy atom. The van der Waals surface area contributed by atoms with Gasteiger partial charge in [0.1, 0.15) is 29.5 Å². The summed E-state index contributed by atoms with van der Waals surface area (Å²) in [5.74, 6) is 0.185. The number of nitrogens with one attached hydrogen (secondary N) is 3. The summed E-state index contributed by atoms with van der Waals surface area (Å²) in [7, 11) is 0. The van der Waals surface area contributed by atoms with Crippen molar-refractivity contribution in [3.05, 3.63) is 73.1 Å². The predicted octanol–water partition coefficient (Wildman–Crippen LogP) is 6.66. The highest BCUT2D eigenvalue weighted by atomic mass is 19.1. The smallest absolute Gasteiger partial charge is 0.138 e. The molecule has 0 bridgehead atoms. The molecule has 0 amide bonds. The molecule has 3 N–H and O–H groups in total. The molecule has 6 heterocycles. The molecular weight excluding hydrogens is 543 g/mol. The number of likely N-dealkylation sites (tertiary alicyclic amines) is 1. The van der Waals surface area contributed by atoms with Crippen molar-refractivity contribution in [3.63, 3.8) is 0 Å². The van der Waals surface area contributed by atoms with Gasteiger partial charge in [-0.2, -0.15) is 5.10 Å². The summed E-state index contributed by atoms with van der Waals surface area (Å²) < 4.78 is 20.7. The molecule has 1 aromatic carbocycles. The second-order valence-corrected chi connectivity index (χ2v) is 11.3. The first-order valence-electron chi connectivity index (χ1n) is 14.7. The first kappa shape index (κ1) is 27.0. The number of anilines is 1. The average Bonchev–Trinajstić information content (AvgIpc) is 3.76. The van der Waals surface area contributed by atoms with Gasteiger partial charge in [0.05, 0.1) is 28.8 Å². The van der Waals surface area contributed by atoms with Crippen LogP contribution in [0.4, 0.5) is 10.1 Å². The van der Waals surface area contributed by atoms with Crippen molar-refractivity contribution in [2.45, 2.75) is 32.7 Å². The molecule has 43 heavy (non-hydrogen) atoms. The number of benzene rings is 1. The van der Waals surface area contributed by atoms with Crippen LogP contribution in [0.25, 0.3) is 55.7 Å². The van der Waals surface area contributed by atoms with E-state index in [1.807, 2.05) is 42.7 Å². The molecule has 7 rings (SSSR count). The van der Waals surface area contributed by atoms with Crippen molar-refractivity contribution >= 4 is 27.6 Å². The predicted molar refractivity (Wildman–Crippen MR) is 168 cm³/mol. The highest BCUT2D eigenvalue weighted by molar-refractivity contribution is 6.00. The molecule has 6 aromatic rings. The van der Waals surface area contributed by atoms with E-state index in [2.05, 4.69) is 54.2 Å². The summed E-state index contributed by atoms with van der Waals surface area (Å²) in [5.41, 5.74) is 7.28. The lowest BCUT2D eigenvalue weighted by Crippen LogP contribution is -2.25. The first-order chi connectivity index (χ1) is 21.0. The minimum Gasteiger partial charge on any atom is -0.492 e. The minimum absolute atomic E-state index is 0.291. The second-order valence-electron chi connectivity index (χ2n) is 11.3.